The van der Waals surface area contributed by atoms with Gasteiger partial charge in [-0.15, -0.1) is 11.3 Å². The van der Waals surface area contributed by atoms with Crippen LogP contribution in [0.3, 0.4) is 0 Å². The second-order valence-electron chi connectivity index (χ2n) is 6.15. The molecule has 0 radical (unpaired) electrons. The minimum atomic E-state index is 0.644. The quantitative estimate of drug-likeness (QED) is 0.369. The summed E-state index contributed by atoms with van der Waals surface area (Å²) in [6.07, 6.45) is 2.43. The van der Waals surface area contributed by atoms with E-state index < -0.39 is 0 Å². The number of fused-ring (bicyclic) bond motifs is 3. The Labute approximate surface area is 173 Å². The van der Waals surface area contributed by atoms with E-state index in [2.05, 4.69) is 38.1 Å². The van der Waals surface area contributed by atoms with Crippen LogP contribution in [0.25, 0.3) is 26.8 Å². The van der Waals surface area contributed by atoms with Crippen molar-refractivity contribution in [2.45, 2.75) is 6.42 Å². The number of thiophene rings is 1. The molecule has 0 fully saturated rings. The second-order valence-corrected chi connectivity index (χ2v) is 8.53. The SMILES string of the molecule is Clc1ccccc1-n1ncnc1-c1cc2c(s1)-c1ccc(Br)cc1OCC2. The number of hydrogen-bond acceptors (Lipinski definition) is 4. The molecule has 0 saturated heterocycles. The summed E-state index contributed by atoms with van der Waals surface area (Å²) in [5.74, 6) is 1.70. The third kappa shape index (κ3) is 2.98. The summed E-state index contributed by atoms with van der Waals surface area (Å²) in [4.78, 5) is 6.79. The highest BCUT2D eigenvalue weighted by Crippen LogP contribution is 2.44. The van der Waals surface area contributed by atoms with E-state index >= 15 is 0 Å². The zero-order valence-corrected chi connectivity index (χ0v) is 17.2. The molecule has 0 atom stereocenters. The first kappa shape index (κ1) is 17.0. The van der Waals surface area contributed by atoms with Gasteiger partial charge in [0.15, 0.2) is 5.82 Å². The van der Waals surface area contributed by atoms with Gasteiger partial charge in [-0.2, -0.15) is 5.10 Å². The molecule has 0 saturated carbocycles. The Morgan fingerprint density at radius 2 is 2.04 bits per heavy atom. The molecule has 3 heterocycles. The topological polar surface area (TPSA) is 39.9 Å². The summed E-state index contributed by atoms with van der Waals surface area (Å²) < 4.78 is 8.75. The standard InChI is InChI=1S/C20H13BrClN3OS/c21-13-5-6-14-17(10-13)26-8-7-12-9-18(27-19(12)14)20-23-11-24-25(20)16-4-2-1-3-15(16)22/h1-6,9-11H,7-8H2. The minimum absolute atomic E-state index is 0.644. The summed E-state index contributed by atoms with van der Waals surface area (Å²) >= 11 is 11.6. The summed E-state index contributed by atoms with van der Waals surface area (Å²) in [6.45, 7) is 0.657. The van der Waals surface area contributed by atoms with Gasteiger partial charge in [-0.25, -0.2) is 9.67 Å². The molecule has 4 aromatic rings. The summed E-state index contributed by atoms with van der Waals surface area (Å²) in [5, 5.41) is 5.05. The minimum Gasteiger partial charge on any atom is -0.493 e. The molecule has 5 rings (SSSR count). The zero-order chi connectivity index (χ0) is 18.4. The van der Waals surface area contributed by atoms with Crippen molar-refractivity contribution in [3.8, 4) is 32.6 Å². The van der Waals surface area contributed by atoms with Gasteiger partial charge in [-0.1, -0.05) is 39.7 Å². The number of rotatable bonds is 2. The van der Waals surface area contributed by atoms with Crippen LogP contribution in [0.2, 0.25) is 5.02 Å². The summed E-state index contributed by atoms with van der Waals surface area (Å²) in [6, 6.07) is 16.0. The zero-order valence-electron chi connectivity index (χ0n) is 14.0. The number of hydrogen-bond donors (Lipinski definition) is 0. The van der Waals surface area contributed by atoms with E-state index in [-0.39, 0.29) is 0 Å². The molecule has 2 aromatic carbocycles. The van der Waals surface area contributed by atoms with E-state index in [1.54, 1.807) is 22.3 Å². The maximum Gasteiger partial charge on any atom is 0.173 e. The summed E-state index contributed by atoms with van der Waals surface area (Å²) in [5.41, 5.74) is 3.21. The van der Waals surface area contributed by atoms with Crippen LogP contribution >= 0.6 is 38.9 Å². The molecule has 1 aliphatic heterocycles. The molecule has 0 N–H and O–H groups in total. The third-order valence-corrected chi connectivity index (χ3v) is 6.49. The first-order valence-electron chi connectivity index (χ1n) is 8.41. The molecule has 0 unspecified atom stereocenters. The molecule has 4 nitrogen and oxygen atoms in total. The first-order chi connectivity index (χ1) is 13.2. The van der Waals surface area contributed by atoms with Gasteiger partial charge in [-0.3, -0.25) is 0 Å². The van der Waals surface area contributed by atoms with Gasteiger partial charge < -0.3 is 4.74 Å². The predicted octanol–water partition coefficient (Wildman–Crippen LogP) is 6.01. The van der Waals surface area contributed by atoms with Gasteiger partial charge >= 0.3 is 0 Å². The van der Waals surface area contributed by atoms with Crippen molar-refractivity contribution in [1.29, 1.82) is 0 Å². The lowest BCUT2D eigenvalue weighted by Gasteiger charge is -2.08. The maximum absolute atomic E-state index is 6.37. The Bertz CT molecular complexity index is 1150. The predicted molar refractivity (Wildman–Crippen MR) is 112 cm³/mol. The van der Waals surface area contributed by atoms with E-state index in [0.717, 1.165) is 38.6 Å². The van der Waals surface area contributed by atoms with Crippen LogP contribution in [0.5, 0.6) is 5.75 Å². The van der Waals surface area contributed by atoms with E-state index in [9.17, 15) is 0 Å². The van der Waals surface area contributed by atoms with Gasteiger partial charge in [0, 0.05) is 21.3 Å². The smallest absolute Gasteiger partial charge is 0.173 e. The van der Waals surface area contributed by atoms with Crippen LogP contribution in [-0.2, 0) is 6.42 Å². The number of para-hydroxylation sites is 1. The van der Waals surface area contributed by atoms with Crippen LogP contribution in [0.1, 0.15) is 5.56 Å². The van der Waals surface area contributed by atoms with Gasteiger partial charge in [0.1, 0.15) is 12.1 Å². The maximum atomic E-state index is 6.37. The average molecular weight is 459 g/mol. The van der Waals surface area contributed by atoms with Crippen molar-refractivity contribution in [2.75, 3.05) is 6.61 Å². The average Bonchev–Trinajstić information content (AvgIpc) is 3.26. The molecule has 0 bridgehead atoms. The molecule has 2 aromatic heterocycles. The van der Waals surface area contributed by atoms with Gasteiger partial charge in [0.05, 0.1) is 22.2 Å². The molecule has 0 spiro atoms. The molecular formula is C20H13BrClN3OS. The third-order valence-electron chi connectivity index (χ3n) is 4.48. The Morgan fingerprint density at radius 3 is 2.93 bits per heavy atom. The monoisotopic (exact) mass is 457 g/mol. The van der Waals surface area contributed by atoms with Gasteiger partial charge in [0.2, 0.25) is 0 Å². The van der Waals surface area contributed by atoms with E-state index in [1.807, 2.05) is 36.4 Å². The molecule has 7 heteroatoms. The van der Waals surface area contributed by atoms with Crippen molar-refractivity contribution in [2.24, 2.45) is 0 Å². The van der Waals surface area contributed by atoms with Crippen molar-refractivity contribution < 1.29 is 4.74 Å². The van der Waals surface area contributed by atoms with Gasteiger partial charge in [0.25, 0.3) is 0 Å². The largest absolute Gasteiger partial charge is 0.493 e. The van der Waals surface area contributed by atoms with Crippen molar-refractivity contribution >= 4 is 38.9 Å². The normalized spacial score (nSPS) is 12.8. The highest BCUT2D eigenvalue weighted by molar-refractivity contribution is 9.10. The van der Waals surface area contributed by atoms with Crippen molar-refractivity contribution in [3.05, 3.63) is 69.9 Å². The highest BCUT2D eigenvalue weighted by atomic mass is 79.9. The van der Waals surface area contributed by atoms with Crippen LogP contribution < -0.4 is 4.74 Å². The number of aromatic nitrogens is 3. The fourth-order valence-electron chi connectivity index (χ4n) is 3.24. The van der Waals surface area contributed by atoms with Crippen molar-refractivity contribution in [1.82, 2.24) is 14.8 Å². The second kappa shape index (κ2) is 6.78. The Morgan fingerprint density at radius 1 is 1.15 bits per heavy atom. The Kier molecular flexibility index (Phi) is 4.27. The number of halogens is 2. The van der Waals surface area contributed by atoms with E-state index in [1.165, 1.54) is 10.4 Å². The van der Waals surface area contributed by atoms with Crippen molar-refractivity contribution in [3.63, 3.8) is 0 Å². The fraction of sp³-hybridized carbons (Fsp3) is 0.100. The Hall–Kier alpha value is -2.15. The first-order valence-corrected chi connectivity index (χ1v) is 10.4. The molecule has 134 valence electrons. The lowest BCUT2D eigenvalue weighted by molar-refractivity contribution is 0.326. The molecular weight excluding hydrogens is 446 g/mol. The lowest BCUT2D eigenvalue weighted by Crippen LogP contribution is -2.00. The molecule has 1 aliphatic rings. The van der Waals surface area contributed by atoms with E-state index in [0.29, 0.717) is 11.6 Å². The molecule has 27 heavy (non-hydrogen) atoms. The van der Waals surface area contributed by atoms with Crippen LogP contribution in [-0.4, -0.2) is 21.4 Å². The summed E-state index contributed by atoms with van der Waals surface area (Å²) in [7, 11) is 0. The Balaban J connectivity index is 1.65. The fourth-order valence-corrected chi connectivity index (χ4v) is 5.01. The van der Waals surface area contributed by atoms with Crippen LogP contribution in [0.4, 0.5) is 0 Å². The lowest BCUT2D eigenvalue weighted by atomic mass is 10.1. The van der Waals surface area contributed by atoms with Crippen LogP contribution in [0, 0.1) is 0 Å². The van der Waals surface area contributed by atoms with E-state index in [4.69, 9.17) is 16.3 Å². The highest BCUT2D eigenvalue weighted by Gasteiger charge is 2.22. The number of ether oxygens (including phenoxy) is 1. The molecule has 0 amide bonds. The number of benzene rings is 2. The van der Waals surface area contributed by atoms with Crippen LogP contribution in [0.15, 0.2) is 59.3 Å². The van der Waals surface area contributed by atoms with Gasteiger partial charge in [-0.05, 0) is 42.0 Å². The number of nitrogens with zero attached hydrogens (tertiary/aromatic N) is 3. The molecule has 0 aliphatic carbocycles.